The third-order valence-corrected chi connectivity index (χ3v) is 0.897. The van der Waals surface area contributed by atoms with Crippen molar-refractivity contribution in [1.29, 1.82) is 0 Å². The smallest absolute Gasteiger partial charge is 0.231 e. The molecular weight excluding hydrogens is 112 g/mol. The fourth-order valence-electron chi connectivity index (χ4n) is 0.106. The van der Waals surface area contributed by atoms with E-state index in [-0.39, 0.29) is 0 Å². The molecule has 0 saturated heterocycles. The molecule has 1 atom stereocenters. The van der Waals surface area contributed by atoms with Gasteiger partial charge in [0.1, 0.15) is 0 Å². The summed E-state index contributed by atoms with van der Waals surface area (Å²) >= 11 is -1.38. The van der Waals surface area contributed by atoms with E-state index < -0.39 is 11.1 Å². The van der Waals surface area contributed by atoms with E-state index in [1.807, 2.05) is 0 Å². The van der Waals surface area contributed by atoms with E-state index in [0.717, 1.165) is 6.26 Å². The second kappa shape index (κ2) is 3.61. The van der Waals surface area contributed by atoms with Gasteiger partial charge in [0.15, 0.2) is 0 Å². The van der Waals surface area contributed by atoms with Crippen LogP contribution in [0, 0.1) is 0 Å². The maximum absolute atomic E-state index is 10.1. The van der Waals surface area contributed by atoms with Crippen LogP contribution in [0.15, 0.2) is 24.8 Å². The average molecular weight is 118 g/mol. The zero-order valence-corrected chi connectivity index (χ0v) is 4.61. The summed E-state index contributed by atoms with van der Waals surface area (Å²) in [5, 5.41) is 1.18. The molecule has 0 radical (unpaired) electrons. The van der Waals surface area contributed by atoms with Gasteiger partial charge in [-0.05, 0) is 0 Å². The molecule has 0 aliphatic rings. The summed E-state index contributed by atoms with van der Waals surface area (Å²) in [5.74, 6) is 0. The molecule has 40 valence electrons. The second-order valence-electron chi connectivity index (χ2n) is 0.690. The van der Waals surface area contributed by atoms with E-state index >= 15 is 0 Å². The highest BCUT2D eigenvalue weighted by molar-refractivity contribution is 7.83. The Morgan fingerprint density at radius 3 is 2.29 bits per heavy atom. The summed E-state index contributed by atoms with van der Waals surface area (Å²) < 4.78 is 14.4. The summed E-state index contributed by atoms with van der Waals surface area (Å²) in [6, 6.07) is 0. The molecule has 0 heterocycles. The standard InChI is InChI=1S/C4H6O2S/c1-3-6-7(5)4-2/h3-4H,1-2H2. The van der Waals surface area contributed by atoms with Gasteiger partial charge in [0.05, 0.1) is 6.26 Å². The van der Waals surface area contributed by atoms with Crippen molar-refractivity contribution in [2.45, 2.75) is 0 Å². The lowest BCUT2D eigenvalue weighted by molar-refractivity contribution is 0.515. The van der Waals surface area contributed by atoms with Crippen molar-refractivity contribution in [2.24, 2.45) is 0 Å². The lowest BCUT2D eigenvalue weighted by Crippen LogP contribution is -1.80. The Kier molecular flexibility index (Phi) is 3.32. The largest absolute Gasteiger partial charge is 0.406 e. The maximum Gasteiger partial charge on any atom is 0.231 e. The fraction of sp³-hybridized carbons (Fsp3) is 0. The second-order valence-corrected chi connectivity index (χ2v) is 1.74. The van der Waals surface area contributed by atoms with Gasteiger partial charge < -0.3 is 4.18 Å². The number of hydrogen-bond acceptors (Lipinski definition) is 2. The molecule has 0 N–H and O–H groups in total. The van der Waals surface area contributed by atoms with E-state index in [1.165, 1.54) is 5.41 Å². The van der Waals surface area contributed by atoms with Crippen LogP contribution >= 0.6 is 0 Å². The zero-order valence-electron chi connectivity index (χ0n) is 3.79. The summed E-state index contributed by atoms with van der Waals surface area (Å²) in [6.07, 6.45) is 1.11. The first-order valence-corrected chi connectivity index (χ1v) is 2.76. The van der Waals surface area contributed by atoms with Gasteiger partial charge in [-0.2, -0.15) is 0 Å². The van der Waals surface area contributed by atoms with Gasteiger partial charge in [0, 0.05) is 5.41 Å². The van der Waals surface area contributed by atoms with Gasteiger partial charge in [-0.25, -0.2) is 4.21 Å². The van der Waals surface area contributed by atoms with Gasteiger partial charge in [0.25, 0.3) is 0 Å². The number of rotatable bonds is 3. The lowest BCUT2D eigenvalue weighted by Gasteiger charge is -1.86. The van der Waals surface area contributed by atoms with Crippen molar-refractivity contribution in [3.8, 4) is 0 Å². The van der Waals surface area contributed by atoms with Crippen LogP contribution in [0.1, 0.15) is 0 Å². The third-order valence-electron chi connectivity index (χ3n) is 0.299. The molecule has 0 aromatic rings. The first kappa shape index (κ1) is 6.43. The maximum atomic E-state index is 10.1. The first-order valence-electron chi connectivity index (χ1n) is 1.62. The molecule has 7 heavy (non-hydrogen) atoms. The molecule has 0 spiro atoms. The molecule has 2 nitrogen and oxygen atoms in total. The van der Waals surface area contributed by atoms with Crippen molar-refractivity contribution in [3.05, 3.63) is 24.8 Å². The minimum atomic E-state index is -1.38. The highest BCUT2D eigenvalue weighted by Gasteiger charge is 1.81. The molecule has 0 aromatic carbocycles. The quantitative estimate of drug-likeness (QED) is 0.516. The van der Waals surface area contributed by atoms with Gasteiger partial charge >= 0.3 is 0 Å². The minimum Gasteiger partial charge on any atom is -0.406 e. The molecule has 0 fully saturated rings. The van der Waals surface area contributed by atoms with E-state index in [1.54, 1.807) is 0 Å². The van der Waals surface area contributed by atoms with E-state index in [2.05, 4.69) is 17.3 Å². The summed E-state index contributed by atoms with van der Waals surface area (Å²) in [6.45, 7) is 6.39. The van der Waals surface area contributed by atoms with Crippen LogP contribution in [0.4, 0.5) is 0 Å². The highest BCUT2D eigenvalue weighted by Crippen LogP contribution is 1.83. The van der Waals surface area contributed by atoms with Gasteiger partial charge in [-0.1, -0.05) is 13.2 Å². The Morgan fingerprint density at radius 1 is 1.57 bits per heavy atom. The number of hydrogen-bond donors (Lipinski definition) is 0. The lowest BCUT2D eigenvalue weighted by atomic mass is 11.2. The van der Waals surface area contributed by atoms with Gasteiger partial charge in [-0.15, -0.1) is 0 Å². The Labute approximate surface area is 45.2 Å². The fourth-order valence-corrected chi connectivity index (χ4v) is 0.319. The molecule has 0 bridgehead atoms. The van der Waals surface area contributed by atoms with Crippen molar-refractivity contribution >= 4 is 11.1 Å². The Bertz CT molecular complexity index is 97.9. The van der Waals surface area contributed by atoms with Crippen LogP contribution in [-0.4, -0.2) is 4.21 Å². The molecular formula is C4H6O2S. The van der Waals surface area contributed by atoms with Crippen LogP contribution in [0.25, 0.3) is 0 Å². The van der Waals surface area contributed by atoms with Crippen LogP contribution in [0.2, 0.25) is 0 Å². The van der Waals surface area contributed by atoms with E-state index in [9.17, 15) is 4.21 Å². The molecule has 0 saturated carbocycles. The van der Waals surface area contributed by atoms with Crippen molar-refractivity contribution in [3.63, 3.8) is 0 Å². The van der Waals surface area contributed by atoms with E-state index in [0.29, 0.717) is 0 Å². The molecule has 0 amide bonds. The molecule has 0 rings (SSSR count). The zero-order chi connectivity index (χ0) is 5.70. The molecule has 0 aliphatic carbocycles. The Morgan fingerprint density at radius 2 is 2.14 bits per heavy atom. The van der Waals surface area contributed by atoms with Crippen LogP contribution < -0.4 is 0 Å². The Balaban J connectivity index is 3.36. The topological polar surface area (TPSA) is 26.3 Å². The first-order chi connectivity index (χ1) is 3.31. The predicted octanol–water partition coefficient (Wildman–Crippen LogP) is 0.954. The third kappa shape index (κ3) is 3.26. The SMILES string of the molecule is C=COS(=O)C=C. The molecule has 1 unspecified atom stereocenters. The monoisotopic (exact) mass is 118 g/mol. The average Bonchev–Trinajstić information content (AvgIpc) is 1.68. The Hall–Kier alpha value is -0.570. The molecule has 0 aliphatic heterocycles. The summed E-state index contributed by atoms with van der Waals surface area (Å²) in [4.78, 5) is 0. The summed E-state index contributed by atoms with van der Waals surface area (Å²) in [5.41, 5.74) is 0. The van der Waals surface area contributed by atoms with Crippen molar-refractivity contribution in [2.75, 3.05) is 0 Å². The summed E-state index contributed by atoms with van der Waals surface area (Å²) in [7, 11) is 0. The molecule has 3 heteroatoms. The van der Waals surface area contributed by atoms with E-state index in [4.69, 9.17) is 0 Å². The van der Waals surface area contributed by atoms with Crippen molar-refractivity contribution < 1.29 is 8.39 Å². The van der Waals surface area contributed by atoms with Crippen LogP contribution in [0.5, 0.6) is 0 Å². The van der Waals surface area contributed by atoms with Crippen LogP contribution in [0.3, 0.4) is 0 Å². The van der Waals surface area contributed by atoms with Gasteiger partial charge in [-0.3, -0.25) is 0 Å². The predicted molar refractivity (Wildman–Crippen MR) is 29.6 cm³/mol. The molecule has 0 aromatic heterocycles. The van der Waals surface area contributed by atoms with Crippen LogP contribution in [-0.2, 0) is 15.3 Å². The highest BCUT2D eigenvalue weighted by atomic mass is 32.2. The van der Waals surface area contributed by atoms with Gasteiger partial charge in [0.2, 0.25) is 11.1 Å². The van der Waals surface area contributed by atoms with Crippen molar-refractivity contribution in [1.82, 2.24) is 0 Å². The minimum absolute atomic E-state index is 1.11. The normalized spacial score (nSPS) is 12.0.